The van der Waals surface area contributed by atoms with Gasteiger partial charge in [0, 0.05) is 31.7 Å². The quantitative estimate of drug-likeness (QED) is 0.845. The van der Waals surface area contributed by atoms with Crippen molar-refractivity contribution in [3.8, 4) is 0 Å². The van der Waals surface area contributed by atoms with Gasteiger partial charge in [0.2, 0.25) is 11.8 Å². The zero-order valence-corrected chi connectivity index (χ0v) is 16.9. The first kappa shape index (κ1) is 20.6. The Hall–Kier alpha value is -3.15. The van der Waals surface area contributed by atoms with Crippen molar-refractivity contribution in [3.05, 3.63) is 71.8 Å². The predicted octanol–water partition coefficient (Wildman–Crippen LogP) is 2.06. The standard InChI is InChI=1S/C23H27N3O3/c1-23(2,19-11-7-4-8-12-19)22(29)26-15-13-25(14-16-26)20(27)17-24-21(28)18-9-5-3-6-10-18/h3-12H,13-17H2,1-2H3,(H,24,28). The van der Waals surface area contributed by atoms with E-state index in [2.05, 4.69) is 5.32 Å². The maximum atomic E-state index is 13.0. The number of carbonyl (C=O) groups is 3. The second kappa shape index (κ2) is 8.90. The normalized spacial score (nSPS) is 14.4. The Labute approximate surface area is 171 Å². The van der Waals surface area contributed by atoms with E-state index in [0.29, 0.717) is 31.7 Å². The Morgan fingerprint density at radius 2 is 1.34 bits per heavy atom. The topological polar surface area (TPSA) is 69.7 Å². The summed E-state index contributed by atoms with van der Waals surface area (Å²) in [5.74, 6) is -0.339. The number of hydrogen-bond acceptors (Lipinski definition) is 3. The Kier molecular flexibility index (Phi) is 6.32. The number of rotatable bonds is 5. The van der Waals surface area contributed by atoms with Crippen LogP contribution in [0.1, 0.15) is 29.8 Å². The molecule has 1 N–H and O–H groups in total. The van der Waals surface area contributed by atoms with Crippen LogP contribution in [0.3, 0.4) is 0 Å². The molecule has 0 saturated carbocycles. The fourth-order valence-electron chi connectivity index (χ4n) is 3.49. The predicted molar refractivity (Wildman–Crippen MR) is 111 cm³/mol. The number of piperazine rings is 1. The molecule has 0 aromatic heterocycles. The Morgan fingerprint density at radius 3 is 1.93 bits per heavy atom. The molecule has 3 amide bonds. The molecule has 6 nitrogen and oxygen atoms in total. The minimum Gasteiger partial charge on any atom is -0.343 e. The first-order chi connectivity index (χ1) is 13.9. The summed E-state index contributed by atoms with van der Waals surface area (Å²) in [6, 6.07) is 18.5. The molecule has 1 fully saturated rings. The van der Waals surface area contributed by atoms with Gasteiger partial charge < -0.3 is 15.1 Å². The van der Waals surface area contributed by atoms with Crippen LogP contribution in [0.15, 0.2) is 60.7 Å². The van der Waals surface area contributed by atoms with Gasteiger partial charge in [0.15, 0.2) is 0 Å². The van der Waals surface area contributed by atoms with Crippen molar-refractivity contribution in [2.45, 2.75) is 19.3 Å². The fourth-order valence-corrected chi connectivity index (χ4v) is 3.49. The van der Waals surface area contributed by atoms with E-state index in [1.807, 2.05) is 55.1 Å². The third-order valence-corrected chi connectivity index (χ3v) is 5.39. The Morgan fingerprint density at radius 1 is 0.828 bits per heavy atom. The molecule has 1 aliphatic heterocycles. The summed E-state index contributed by atoms with van der Waals surface area (Å²) in [5, 5.41) is 2.67. The van der Waals surface area contributed by atoms with Gasteiger partial charge in [-0.1, -0.05) is 48.5 Å². The monoisotopic (exact) mass is 393 g/mol. The lowest BCUT2D eigenvalue weighted by molar-refractivity contribution is -0.142. The first-order valence-corrected chi connectivity index (χ1v) is 9.85. The average molecular weight is 393 g/mol. The molecule has 0 bridgehead atoms. The van der Waals surface area contributed by atoms with Gasteiger partial charge >= 0.3 is 0 Å². The van der Waals surface area contributed by atoms with E-state index in [9.17, 15) is 14.4 Å². The Balaban J connectivity index is 1.50. The molecule has 0 radical (unpaired) electrons. The summed E-state index contributed by atoms with van der Waals surface area (Å²) < 4.78 is 0. The fraction of sp³-hybridized carbons (Fsp3) is 0.348. The summed E-state index contributed by atoms with van der Waals surface area (Å²) in [5.41, 5.74) is 0.892. The Bertz CT molecular complexity index is 857. The number of nitrogens with one attached hydrogen (secondary N) is 1. The number of nitrogens with zero attached hydrogens (tertiary/aromatic N) is 2. The summed E-state index contributed by atoms with van der Waals surface area (Å²) >= 11 is 0. The van der Waals surface area contributed by atoms with Crippen LogP contribution in [0.25, 0.3) is 0 Å². The molecular formula is C23H27N3O3. The van der Waals surface area contributed by atoms with Crippen molar-refractivity contribution in [3.63, 3.8) is 0 Å². The summed E-state index contributed by atoms with van der Waals surface area (Å²) in [6.07, 6.45) is 0. The van der Waals surface area contributed by atoms with Crippen LogP contribution in [0.4, 0.5) is 0 Å². The second-order valence-electron chi connectivity index (χ2n) is 7.71. The van der Waals surface area contributed by atoms with Crippen molar-refractivity contribution >= 4 is 17.7 Å². The zero-order chi connectivity index (χ0) is 20.9. The highest BCUT2D eigenvalue weighted by Crippen LogP contribution is 2.26. The van der Waals surface area contributed by atoms with Crippen LogP contribution in [0, 0.1) is 0 Å². The summed E-state index contributed by atoms with van der Waals surface area (Å²) in [7, 11) is 0. The van der Waals surface area contributed by atoms with Crippen LogP contribution >= 0.6 is 0 Å². The molecular weight excluding hydrogens is 366 g/mol. The molecule has 1 heterocycles. The highest BCUT2D eigenvalue weighted by atomic mass is 16.2. The third kappa shape index (κ3) is 4.83. The van der Waals surface area contributed by atoms with Crippen LogP contribution in [0.5, 0.6) is 0 Å². The number of carbonyl (C=O) groups excluding carboxylic acids is 3. The van der Waals surface area contributed by atoms with Gasteiger partial charge in [-0.15, -0.1) is 0 Å². The van der Waals surface area contributed by atoms with Gasteiger partial charge in [-0.05, 0) is 31.5 Å². The van der Waals surface area contributed by atoms with E-state index < -0.39 is 5.41 Å². The molecule has 0 aliphatic carbocycles. The molecule has 0 atom stereocenters. The zero-order valence-electron chi connectivity index (χ0n) is 16.9. The van der Waals surface area contributed by atoms with Crippen molar-refractivity contribution in [2.24, 2.45) is 0 Å². The SMILES string of the molecule is CC(C)(C(=O)N1CCN(C(=O)CNC(=O)c2ccccc2)CC1)c1ccccc1. The van der Waals surface area contributed by atoms with Crippen molar-refractivity contribution in [2.75, 3.05) is 32.7 Å². The largest absolute Gasteiger partial charge is 0.343 e. The van der Waals surface area contributed by atoms with Crippen molar-refractivity contribution in [1.82, 2.24) is 15.1 Å². The lowest BCUT2D eigenvalue weighted by Gasteiger charge is -2.38. The van der Waals surface area contributed by atoms with Crippen molar-refractivity contribution in [1.29, 1.82) is 0 Å². The maximum Gasteiger partial charge on any atom is 0.251 e. The molecule has 2 aromatic rings. The highest BCUT2D eigenvalue weighted by Gasteiger charge is 2.35. The number of amides is 3. The summed E-state index contributed by atoms with van der Waals surface area (Å²) in [4.78, 5) is 41.1. The third-order valence-electron chi connectivity index (χ3n) is 5.39. The smallest absolute Gasteiger partial charge is 0.251 e. The minimum atomic E-state index is -0.614. The molecule has 1 aliphatic rings. The average Bonchev–Trinajstić information content (AvgIpc) is 2.78. The van der Waals surface area contributed by atoms with Gasteiger partial charge in [0.1, 0.15) is 0 Å². The van der Waals surface area contributed by atoms with Gasteiger partial charge in [-0.2, -0.15) is 0 Å². The molecule has 1 saturated heterocycles. The molecule has 3 rings (SSSR count). The summed E-state index contributed by atoms with van der Waals surface area (Å²) in [6.45, 7) is 5.74. The van der Waals surface area contributed by atoms with E-state index in [4.69, 9.17) is 0 Å². The molecule has 0 unspecified atom stereocenters. The van der Waals surface area contributed by atoms with Gasteiger partial charge in [-0.3, -0.25) is 14.4 Å². The van der Waals surface area contributed by atoms with E-state index in [1.165, 1.54) is 0 Å². The molecule has 6 heteroatoms. The molecule has 29 heavy (non-hydrogen) atoms. The van der Waals surface area contributed by atoms with Crippen LogP contribution in [-0.2, 0) is 15.0 Å². The number of benzene rings is 2. The van der Waals surface area contributed by atoms with Crippen molar-refractivity contribution < 1.29 is 14.4 Å². The lowest BCUT2D eigenvalue weighted by atomic mass is 9.83. The molecule has 152 valence electrons. The van der Waals surface area contributed by atoms with Gasteiger partial charge in [0.05, 0.1) is 12.0 Å². The van der Waals surface area contributed by atoms with E-state index in [-0.39, 0.29) is 24.3 Å². The van der Waals surface area contributed by atoms with Gasteiger partial charge in [-0.25, -0.2) is 0 Å². The van der Waals surface area contributed by atoms with Crippen LogP contribution in [-0.4, -0.2) is 60.2 Å². The maximum absolute atomic E-state index is 13.0. The highest BCUT2D eigenvalue weighted by molar-refractivity contribution is 5.96. The first-order valence-electron chi connectivity index (χ1n) is 9.85. The van der Waals surface area contributed by atoms with Crippen LogP contribution in [0.2, 0.25) is 0 Å². The van der Waals surface area contributed by atoms with E-state index >= 15 is 0 Å². The minimum absolute atomic E-state index is 0.0445. The van der Waals surface area contributed by atoms with Crippen LogP contribution < -0.4 is 5.32 Å². The second-order valence-corrected chi connectivity index (χ2v) is 7.71. The molecule has 0 spiro atoms. The van der Waals surface area contributed by atoms with E-state index in [1.54, 1.807) is 29.2 Å². The molecule has 2 aromatic carbocycles. The van der Waals surface area contributed by atoms with Gasteiger partial charge in [0.25, 0.3) is 5.91 Å². The lowest BCUT2D eigenvalue weighted by Crippen LogP contribution is -2.55. The number of hydrogen-bond donors (Lipinski definition) is 1. The van der Waals surface area contributed by atoms with E-state index in [0.717, 1.165) is 5.56 Å².